The molecule has 1 aliphatic heterocycles. The minimum atomic E-state index is -0.110. The molecule has 1 aliphatic carbocycles. The van der Waals surface area contributed by atoms with E-state index >= 15 is 0 Å². The van der Waals surface area contributed by atoms with E-state index in [1.807, 2.05) is 17.9 Å². The molecule has 1 amide bonds. The Labute approximate surface area is 147 Å². The van der Waals surface area contributed by atoms with Crippen molar-refractivity contribution in [3.63, 3.8) is 0 Å². The molecule has 1 saturated heterocycles. The second-order valence-electron chi connectivity index (χ2n) is 7.39. The van der Waals surface area contributed by atoms with Crippen molar-refractivity contribution < 1.29 is 4.79 Å². The summed E-state index contributed by atoms with van der Waals surface area (Å²) in [5.41, 5.74) is 2.08. The Balaban J connectivity index is 1.24. The smallest absolute Gasteiger partial charge is 0.271 e. The van der Waals surface area contributed by atoms with E-state index in [-0.39, 0.29) is 11.9 Å². The lowest BCUT2D eigenvalue weighted by atomic mass is 9.60. The molecule has 1 spiro atoms. The van der Waals surface area contributed by atoms with Gasteiger partial charge in [0, 0.05) is 38.2 Å². The van der Waals surface area contributed by atoms with Crippen LogP contribution in [0, 0.1) is 5.41 Å². The second-order valence-corrected chi connectivity index (χ2v) is 7.39. The Hall–Kier alpha value is -2.28. The molecule has 132 valence electrons. The van der Waals surface area contributed by atoms with Gasteiger partial charge in [-0.15, -0.1) is 0 Å². The molecule has 0 radical (unpaired) electrons. The Bertz CT molecular complexity index is 727. The number of piperidine rings is 1. The minimum Gasteiger partial charge on any atom is -0.348 e. The lowest BCUT2D eigenvalue weighted by Crippen LogP contribution is -2.54. The van der Waals surface area contributed by atoms with Crippen molar-refractivity contribution in [3.05, 3.63) is 42.2 Å². The van der Waals surface area contributed by atoms with Crippen LogP contribution in [0.25, 0.3) is 0 Å². The number of aromatic nitrogens is 4. The highest BCUT2D eigenvalue weighted by molar-refractivity contribution is 5.92. The summed E-state index contributed by atoms with van der Waals surface area (Å²) in [5.74, 6) is -0.110. The van der Waals surface area contributed by atoms with Crippen LogP contribution in [0.1, 0.15) is 41.9 Å². The fourth-order valence-electron chi connectivity index (χ4n) is 4.14. The predicted octanol–water partition coefficient (Wildman–Crippen LogP) is 1.38. The predicted molar refractivity (Wildman–Crippen MR) is 92.7 cm³/mol. The number of likely N-dealkylation sites (tertiary alicyclic amines) is 1. The van der Waals surface area contributed by atoms with Crippen molar-refractivity contribution in [2.75, 3.05) is 13.1 Å². The van der Waals surface area contributed by atoms with Crippen molar-refractivity contribution in [3.8, 4) is 0 Å². The summed E-state index contributed by atoms with van der Waals surface area (Å²) in [6.07, 6.45) is 11.1. The molecule has 25 heavy (non-hydrogen) atoms. The normalized spacial score (nSPS) is 20.4. The van der Waals surface area contributed by atoms with Gasteiger partial charge in [0.1, 0.15) is 5.69 Å². The second kappa shape index (κ2) is 6.55. The van der Waals surface area contributed by atoms with Crippen molar-refractivity contribution in [1.82, 2.24) is 30.0 Å². The molecule has 0 unspecified atom stereocenters. The zero-order chi connectivity index (χ0) is 17.3. The lowest BCUT2D eigenvalue weighted by Gasteiger charge is -2.52. The van der Waals surface area contributed by atoms with Crippen molar-refractivity contribution in [2.24, 2.45) is 12.5 Å². The van der Waals surface area contributed by atoms with Gasteiger partial charge >= 0.3 is 0 Å². The van der Waals surface area contributed by atoms with Gasteiger partial charge in [-0.05, 0) is 50.3 Å². The van der Waals surface area contributed by atoms with Crippen LogP contribution >= 0.6 is 0 Å². The van der Waals surface area contributed by atoms with Crippen LogP contribution in [0.2, 0.25) is 0 Å². The maximum atomic E-state index is 12.2. The van der Waals surface area contributed by atoms with Gasteiger partial charge in [-0.25, -0.2) is 4.98 Å². The molecule has 0 atom stereocenters. The van der Waals surface area contributed by atoms with E-state index in [0.717, 1.165) is 32.5 Å². The van der Waals surface area contributed by atoms with E-state index in [9.17, 15) is 4.79 Å². The van der Waals surface area contributed by atoms with Gasteiger partial charge in [-0.3, -0.25) is 19.4 Å². The molecule has 2 aromatic heterocycles. The zero-order valence-electron chi connectivity index (χ0n) is 14.6. The fraction of sp³-hybridized carbons (Fsp3) is 0.556. The zero-order valence-corrected chi connectivity index (χ0v) is 14.6. The van der Waals surface area contributed by atoms with Crippen LogP contribution in [0.4, 0.5) is 0 Å². The average molecular weight is 340 g/mol. The molecule has 2 aromatic rings. The van der Waals surface area contributed by atoms with Crippen molar-refractivity contribution >= 4 is 5.91 Å². The summed E-state index contributed by atoms with van der Waals surface area (Å²) in [6, 6.07) is 2.37. The number of nitrogens with zero attached hydrogens (tertiary/aromatic N) is 5. The maximum absolute atomic E-state index is 12.2. The van der Waals surface area contributed by atoms with Crippen LogP contribution in [0.3, 0.4) is 0 Å². The van der Waals surface area contributed by atoms with Crippen molar-refractivity contribution in [2.45, 2.75) is 38.3 Å². The highest BCUT2D eigenvalue weighted by Gasteiger charge is 2.46. The molecule has 1 saturated carbocycles. The minimum absolute atomic E-state index is 0.110. The highest BCUT2D eigenvalue weighted by atomic mass is 16.2. The molecule has 4 rings (SSSR count). The molecule has 7 heteroatoms. The summed E-state index contributed by atoms with van der Waals surface area (Å²) in [4.78, 5) is 22.7. The van der Waals surface area contributed by atoms with Crippen LogP contribution in [-0.4, -0.2) is 49.7 Å². The van der Waals surface area contributed by atoms with Gasteiger partial charge in [0.15, 0.2) is 0 Å². The van der Waals surface area contributed by atoms with E-state index in [2.05, 4.69) is 31.3 Å². The lowest BCUT2D eigenvalue weighted by molar-refractivity contribution is 0.00403. The van der Waals surface area contributed by atoms with E-state index < -0.39 is 0 Å². The Morgan fingerprint density at radius 2 is 2.08 bits per heavy atom. The van der Waals surface area contributed by atoms with Gasteiger partial charge in [0.05, 0.1) is 11.9 Å². The molecular formula is C18H24N6O. The first-order valence-electron chi connectivity index (χ1n) is 8.90. The number of amides is 1. The molecule has 3 heterocycles. The third-order valence-corrected chi connectivity index (χ3v) is 5.71. The fourth-order valence-corrected chi connectivity index (χ4v) is 4.14. The largest absolute Gasteiger partial charge is 0.348 e. The molecule has 2 fully saturated rings. The molecule has 7 nitrogen and oxygen atoms in total. The summed E-state index contributed by atoms with van der Waals surface area (Å²) in [7, 11) is 2.00. The van der Waals surface area contributed by atoms with Gasteiger partial charge in [-0.1, -0.05) is 0 Å². The number of carbonyl (C=O) groups excluding carboxylic acids is 1. The molecule has 2 aliphatic rings. The van der Waals surface area contributed by atoms with E-state index in [0.29, 0.717) is 11.1 Å². The SMILES string of the molecule is Cn1nccc1CN1CCC2(CC1)CC(NC(=O)c1cnccn1)C2. The van der Waals surface area contributed by atoms with Gasteiger partial charge in [0.2, 0.25) is 0 Å². The van der Waals surface area contributed by atoms with Crippen LogP contribution in [0.5, 0.6) is 0 Å². The number of aryl methyl sites for hydroxylation is 1. The summed E-state index contributed by atoms with van der Waals surface area (Å²) in [5, 5.41) is 7.33. The van der Waals surface area contributed by atoms with Crippen LogP contribution in [0.15, 0.2) is 30.9 Å². The number of nitrogens with one attached hydrogen (secondary N) is 1. The molecule has 1 N–H and O–H groups in total. The first-order chi connectivity index (χ1) is 12.1. The summed E-state index contributed by atoms with van der Waals surface area (Å²) < 4.78 is 1.95. The third kappa shape index (κ3) is 3.42. The molecule has 0 bridgehead atoms. The quantitative estimate of drug-likeness (QED) is 0.910. The number of carbonyl (C=O) groups is 1. The summed E-state index contributed by atoms with van der Waals surface area (Å²) in [6.45, 7) is 3.21. The maximum Gasteiger partial charge on any atom is 0.271 e. The van der Waals surface area contributed by atoms with E-state index in [4.69, 9.17) is 0 Å². The highest BCUT2D eigenvalue weighted by Crippen LogP contribution is 2.49. The average Bonchev–Trinajstić information content (AvgIpc) is 3.01. The number of hydrogen-bond donors (Lipinski definition) is 1. The van der Waals surface area contributed by atoms with Crippen LogP contribution < -0.4 is 5.32 Å². The first-order valence-corrected chi connectivity index (χ1v) is 8.90. The Morgan fingerprint density at radius 1 is 1.28 bits per heavy atom. The Morgan fingerprint density at radius 3 is 2.72 bits per heavy atom. The third-order valence-electron chi connectivity index (χ3n) is 5.71. The Kier molecular flexibility index (Phi) is 4.25. The molecule has 0 aromatic carbocycles. The monoisotopic (exact) mass is 340 g/mol. The number of hydrogen-bond acceptors (Lipinski definition) is 5. The standard InChI is InChI=1S/C18H24N6O/c1-23-15(2-5-21-23)13-24-8-3-18(4-9-24)10-14(11-18)22-17(25)16-12-19-6-7-20-16/h2,5-7,12,14H,3-4,8-11,13H2,1H3,(H,22,25). The summed E-state index contributed by atoms with van der Waals surface area (Å²) >= 11 is 0. The van der Waals surface area contributed by atoms with E-state index in [1.54, 1.807) is 12.4 Å². The first kappa shape index (κ1) is 16.2. The van der Waals surface area contributed by atoms with Gasteiger partial charge in [0.25, 0.3) is 5.91 Å². The van der Waals surface area contributed by atoms with E-state index in [1.165, 1.54) is 24.7 Å². The van der Waals surface area contributed by atoms with Crippen molar-refractivity contribution in [1.29, 1.82) is 0 Å². The van der Waals surface area contributed by atoms with Gasteiger partial charge < -0.3 is 5.32 Å². The van der Waals surface area contributed by atoms with Crippen LogP contribution in [-0.2, 0) is 13.6 Å². The topological polar surface area (TPSA) is 75.9 Å². The molecular weight excluding hydrogens is 316 g/mol. The van der Waals surface area contributed by atoms with Gasteiger partial charge in [-0.2, -0.15) is 5.10 Å². The number of rotatable bonds is 4.